The van der Waals surface area contributed by atoms with Crippen LogP contribution in [-0.2, 0) is 4.74 Å². The Kier molecular flexibility index (Phi) is 3.64. The number of fused-ring (bicyclic) bond motifs is 1. The van der Waals surface area contributed by atoms with Gasteiger partial charge in [-0.05, 0) is 43.2 Å². The van der Waals surface area contributed by atoms with Crippen molar-refractivity contribution in [1.82, 2.24) is 15.2 Å². The molecule has 0 saturated carbocycles. The summed E-state index contributed by atoms with van der Waals surface area (Å²) in [5.41, 5.74) is 2.02. The molecule has 1 fully saturated rings. The van der Waals surface area contributed by atoms with Crippen molar-refractivity contribution in [2.75, 3.05) is 31.1 Å². The first-order chi connectivity index (χ1) is 10.4. The minimum Gasteiger partial charge on any atom is -0.444 e. The monoisotopic (exact) mass is 304 g/mol. The van der Waals surface area contributed by atoms with Crippen molar-refractivity contribution < 1.29 is 14.2 Å². The summed E-state index contributed by atoms with van der Waals surface area (Å²) in [6, 6.07) is 5.80. The predicted molar refractivity (Wildman–Crippen MR) is 81.8 cm³/mol. The zero-order valence-electron chi connectivity index (χ0n) is 13.1. The molecule has 1 aromatic heterocycles. The zero-order chi connectivity index (χ0) is 15.7. The number of rotatable bonds is 1. The molecule has 0 radical (unpaired) electrons. The van der Waals surface area contributed by atoms with E-state index in [2.05, 4.69) is 15.2 Å². The summed E-state index contributed by atoms with van der Waals surface area (Å²) in [4.78, 5) is 16.0. The van der Waals surface area contributed by atoms with Gasteiger partial charge in [-0.1, -0.05) is 6.07 Å². The molecule has 2 heterocycles. The first-order valence-corrected chi connectivity index (χ1v) is 7.38. The van der Waals surface area contributed by atoms with E-state index in [0.717, 1.165) is 29.8 Å². The predicted octanol–water partition coefficient (Wildman–Crippen LogP) is 2.28. The molecule has 0 unspecified atom stereocenters. The molecule has 0 aliphatic carbocycles. The van der Waals surface area contributed by atoms with E-state index in [4.69, 9.17) is 9.37 Å². The van der Waals surface area contributed by atoms with Crippen molar-refractivity contribution in [2.45, 2.75) is 26.4 Å². The normalized spacial score (nSPS) is 16.1. The standard InChI is InChI=1S/C15H20N4O3/c1-15(2,3)21-14(20)19-9-7-18(8-10-19)12-6-4-5-11-13(12)17-22-16-11/h4-6H,7-10H2,1-3H3. The molecule has 1 amide bonds. The second-order valence-corrected chi connectivity index (χ2v) is 6.36. The lowest BCUT2D eigenvalue weighted by Crippen LogP contribution is -2.50. The lowest BCUT2D eigenvalue weighted by molar-refractivity contribution is 0.0240. The highest BCUT2D eigenvalue weighted by atomic mass is 16.6. The number of carbonyl (C=O) groups is 1. The number of anilines is 1. The van der Waals surface area contributed by atoms with Crippen LogP contribution in [0.3, 0.4) is 0 Å². The lowest BCUT2D eigenvalue weighted by Gasteiger charge is -2.36. The van der Waals surface area contributed by atoms with Gasteiger partial charge in [-0.2, -0.15) is 0 Å². The third-order valence-corrected chi connectivity index (χ3v) is 3.54. The fourth-order valence-electron chi connectivity index (χ4n) is 2.50. The molecular formula is C15H20N4O3. The second-order valence-electron chi connectivity index (χ2n) is 6.36. The highest BCUT2D eigenvalue weighted by molar-refractivity contribution is 5.87. The number of nitrogens with zero attached hydrogens (tertiary/aromatic N) is 4. The molecule has 7 nitrogen and oxygen atoms in total. The van der Waals surface area contributed by atoms with Crippen molar-refractivity contribution in [2.24, 2.45) is 0 Å². The third kappa shape index (κ3) is 2.98. The Morgan fingerprint density at radius 3 is 2.59 bits per heavy atom. The number of piperazine rings is 1. The summed E-state index contributed by atoms with van der Waals surface area (Å²) in [5, 5.41) is 7.82. The number of carbonyl (C=O) groups excluding carboxylic acids is 1. The maximum absolute atomic E-state index is 12.1. The summed E-state index contributed by atoms with van der Waals surface area (Å²) in [6.07, 6.45) is -0.256. The zero-order valence-corrected chi connectivity index (χ0v) is 13.1. The minimum atomic E-state index is -0.466. The quantitative estimate of drug-likeness (QED) is 0.805. The molecule has 0 bridgehead atoms. The van der Waals surface area contributed by atoms with Gasteiger partial charge in [0.1, 0.15) is 11.1 Å². The first-order valence-electron chi connectivity index (χ1n) is 7.38. The molecule has 118 valence electrons. The van der Waals surface area contributed by atoms with E-state index in [-0.39, 0.29) is 6.09 Å². The maximum Gasteiger partial charge on any atom is 0.410 e. The second kappa shape index (κ2) is 5.47. The van der Waals surface area contributed by atoms with Gasteiger partial charge >= 0.3 is 6.09 Å². The van der Waals surface area contributed by atoms with E-state index in [0.29, 0.717) is 13.1 Å². The van der Waals surface area contributed by atoms with Crippen LogP contribution < -0.4 is 4.90 Å². The van der Waals surface area contributed by atoms with Gasteiger partial charge in [0.05, 0.1) is 5.69 Å². The van der Waals surface area contributed by atoms with Gasteiger partial charge in [0.15, 0.2) is 5.52 Å². The molecule has 7 heteroatoms. The van der Waals surface area contributed by atoms with Crippen LogP contribution in [0.5, 0.6) is 0 Å². The van der Waals surface area contributed by atoms with Gasteiger partial charge in [-0.25, -0.2) is 9.42 Å². The number of aromatic nitrogens is 2. The van der Waals surface area contributed by atoms with Crippen molar-refractivity contribution in [3.05, 3.63) is 18.2 Å². The number of benzene rings is 1. The van der Waals surface area contributed by atoms with Crippen molar-refractivity contribution in [1.29, 1.82) is 0 Å². The Morgan fingerprint density at radius 1 is 1.18 bits per heavy atom. The van der Waals surface area contributed by atoms with Crippen LogP contribution in [0.15, 0.2) is 22.8 Å². The third-order valence-electron chi connectivity index (χ3n) is 3.54. The Balaban J connectivity index is 1.67. The van der Waals surface area contributed by atoms with Gasteiger partial charge < -0.3 is 14.5 Å². The average Bonchev–Trinajstić information content (AvgIpc) is 2.94. The Morgan fingerprint density at radius 2 is 1.91 bits per heavy atom. The molecule has 0 atom stereocenters. The number of hydrogen-bond acceptors (Lipinski definition) is 6. The Hall–Kier alpha value is -2.31. The van der Waals surface area contributed by atoms with Crippen molar-refractivity contribution in [3.8, 4) is 0 Å². The lowest BCUT2D eigenvalue weighted by atomic mass is 10.2. The van der Waals surface area contributed by atoms with E-state index in [9.17, 15) is 4.79 Å². The molecule has 1 aliphatic rings. The van der Waals surface area contributed by atoms with Crippen LogP contribution in [-0.4, -0.2) is 53.1 Å². The van der Waals surface area contributed by atoms with Gasteiger partial charge in [0.2, 0.25) is 0 Å². The largest absolute Gasteiger partial charge is 0.444 e. The molecule has 2 aromatic rings. The average molecular weight is 304 g/mol. The van der Waals surface area contributed by atoms with Crippen LogP contribution in [0.2, 0.25) is 0 Å². The molecule has 0 spiro atoms. The highest BCUT2D eigenvalue weighted by Crippen LogP contribution is 2.25. The van der Waals surface area contributed by atoms with E-state index in [1.165, 1.54) is 0 Å². The summed E-state index contributed by atoms with van der Waals surface area (Å²) in [7, 11) is 0. The van der Waals surface area contributed by atoms with Crippen LogP contribution in [0, 0.1) is 0 Å². The van der Waals surface area contributed by atoms with Crippen LogP contribution >= 0.6 is 0 Å². The van der Waals surface area contributed by atoms with E-state index < -0.39 is 5.60 Å². The van der Waals surface area contributed by atoms with Gasteiger partial charge in [0, 0.05) is 26.2 Å². The SMILES string of the molecule is CC(C)(C)OC(=O)N1CCN(c2cccc3nonc23)CC1. The van der Waals surface area contributed by atoms with Gasteiger partial charge in [-0.3, -0.25) is 0 Å². The van der Waals surface area contributed by atoms with Crippen LogP contribution in [0.1, 0.15) is 20.8 Å². The molecule has 1 saturated heterocycles. The minimum absolute atomic E-state index is 0.256. The topological polar surface area (TPSA) is 71.7 Å². The van der Waals surface area contributed by atoms with E-state index in [1.54, 1.807) is 4.90 Å². The molecule has 1 aliphatic heterocycles. The van der Waals surface area contributed by atoms with Crippen molar-refractivity contribution in [3.63, 3.8) is 0 Å². The van der Waals surface area contributed by atoms with E-state index in [1.807, 2.05) is 39.0 Å². The summed E-state index contributed by atoms with van der Waals surface area (Å²) in [5.74, 6) is 0. The molecule has 3 rings (SSSR count). The van der Waals surface area contributed by atoms with Crippen molar-refractivity contribution >= 4 is 22.8 Å². The van der Waals surface area contributed by atoms with E-state index >= 15 is 0 Å². The fourth-order valence-corrected chi connectivity index (χ4v) is 2.50. The van der Waals surface area contributed by atoms with Gasteiger partial charge in [-0.15, -0.1) is 0 Å². The molecular weight excluding hydrogens is 284 g/mol. The fraction of sp³-hybridized carbons (Fsp3) is 0.533. The Bertz CT molecular complexity index is 669. The first kappa shape index (κ1) is 14.6. The highest BCUT2D eigenvalue weighted by Gasteiger charge is 2.26. The molecule has 1 aromatic carbocycles. The summed E-state index contributed by atoms with van der Waals surface area (Å²) >= 11 is 0. The van der Waals surface area contributed by atoms with Crippen LogP contribution in [0.4, 0.5) is 10.5 Å². The summed E-state index contributed by atoms with van der Waals surface area (Å²) in [6.45, 7) is 8.32. The maximum atomic E-state index is 12.1. The van der Waals surface area contributed by atoms with Gasteiger partial charge in [0.25, 0.3) is 0 Å². The number of ether oxygens (including phenoxy) is 1. The smallest absolute Gasteiger partial charge is 0.410 e. The number of amides is 1. The summed E-state index contributed by atoms with van der Waals surface area (Å²) < 4.78 is 10.2. The molecule has 22 heavy (non-hydrogen) atoms. The Labute approximate surface area is 128 Å². The van der Waals surface area contributed by atoms with Crippen LogP contribution in [0.25, 0.3) is 11.0 Å². The number of hydrogen-bond donors (Lipinski definition) is 0. The molecule has 0 N–H and O–H groups in total.